The summed E-state index contributed by atoms with van der Waals surface area (Å²) in [5.74, 6) is 1.00. The van der Waals surface area contributed by atoms with E-state index >= 15 is 0 Å². The number of aryl methyl sites for hydroxylation is 2. The lowest BCUT2D eigenvalue weighted by molar-refractivity contribution is 0.632. The molecule has 0 saturated heterocycles. The topological polar surface area (TPSA) is 30.7 Å². The molecule has 0 fully saturated rings. The van der Waals surface area contributed by atoms with Gasteiger partial charge in [0.05, 0.1) is 17.1 Å². The number of rotatable bonds is 5. The highest BCUT2D eigenvalue weighted by molar-refractivity contribution is 9.09. The Bertz CT molecular complexity index is 493. The van der Waals surface area contributed by atoms with E-state index in [4.69, 9.17) is 0 Å². The van der Waals surface area contributed by atoms with Gasteiger partial charge in [-0.2, -0.15) is 0 Å². The van der Waals surface area contributed by atoms with E-state index in [2.05, 4.69) is 64.4 Å². The molecule has 1 atom stereocenters. The van der Waals surface area contributed by atoms with E-state index in [1.807, 2.05) is 22.6 Å². The Morgan fingerprint density at radius 3 is 2.67 bits per heavy atom. The Hall–Kier alpha value is -0.810. The Balaban J connectivity index is 1.82. The molecule has 2 aromatic rings. The summed E-state index contributed by atoms with van der Waals surface area (Å²) in [6.07, 6.45) is 2.00. The van der Waals surface area contributed by atoms with Gasteiger partial charge in [0.1, 0.15) is 0 Å². The van der Waals surface area contributed by atoms with Crippen LogP contribution in [-0.2, 0) is 6.54 Å². The smallest absolute Gasteiger partial charge is 0.0960 e. The lowest BCUT2D eigenvalue weighted by Crippen LogP contribution is -2.00. The third-order valence-electron chi connectivity index (χ3n) is 2.57. The summed E-state index contributed by atoms with van der Waals surface area (Å²) in [5.41, 5.74) is 2.28. The monoisotopic (exact) mass is 325 g/mol. The van der Waals surface area contributed by atoms with Crippen LogP contribution in [0.2, 0.25) is 0 Å². The number of hydrogen-bond donors (Lipinski definition) is 0. The van der Waals surface area contributed by atoms with E-state index in [1.54, 1.807) is 0 Å². The molecule has 18 heavy (non-hydrogen) atoms. The summed E-state index contributed by atoms with van der Waals surface area (Å²) in [6, 6.07) is 8.60. The van der Waals surface area contributed by atoms with Gasteiger partial charge in [0.15, 0.2) is 0 Å². The molecule has 5 heteroatoms. The minimum atomic E-state index is 0.260. The summed E-state index contributed by atoms with van der Waals surface area (Å²) >= 11 is 5.33. The van der Waals surface area contributed by atoms with Crippen LogP contribution in [0.3, 0.4) is 0 Å². The Kier molecular flexibility index (Phi) is 4.83. The second kappa shape index (κ2) is 6.38. The van der Waals surface area contributed by atoms with Crippen LogP contribution in [0, 0.1) is 6.92 Å². The molecule has 0 saturated carbocycles. The van der Waals surface area contributed by atoms with Crippen LogP contribution < -0.4 is 0 Å². The Morgan fingerprint density at radius 1 is 1.33 bits per heavy atom. The average molecular weight is 326 g/mol. The lowest BCUT2D eigenvalue weighted by Gasteiger charge is -2.02. The van der Waals surface area contributed by atoms with E-state index in [0.717, 1.165) is 18.0 Å². The summed E-state index contributed by atoms with van der Waals surface area (Å²) in [5, 5.41) is 8.22. The highest BCUT2D eigenvalue weighted by Crippen LogP contribution is 2.20. The van der Waals surface area contributed by atoms with Gasteiger partial charge >= 0.3 is 0 Å². The van der Waals surface area contributed by atoms with Crippen molar-refractivity contribution < 1.29 is 0 Å². The first kappa shape index (κ1) is 13.6. The molecule has 0 bridgehead atoms. The molecule has 0 spiro atoms. The zero-order valence-electron chi connectivity index (χ0n) is 10.5. The van der Waals surface area contributed by atoms with E-state index in [0.29, 0.717) is 0 Å². The molecule has 1 aromatic heterocycles. The van der Waals surface area contributed by atoms with Crippen LogP contribution in [0.25, 0.3) is 0 Å². The van der Waals surface area contributed by atoms with Crippen molar-refractivity contribution in [2.45, 2.75) is 30.1 Å². The summed E-state index contributed by atoms with van der Waals surface area (Å²) in [7, 11) is 0. The van der Waals surface area contributed by atoms with Gasteiger partial charge in [0.25, 0.3) is 0 Å². The minimum Gasteiger partial charge on any atom is -0.251 e. The third kappa shape index (κ3) is 3.85. The molecule has 96 valence electrons. The normalized spacial score (nSPS) is 12.6. The maximum absolute atomic E-state index is 4.11. The molecule has 0 aliphatic rings. The molecule has 0 amide bonds. The van der Waals surface area contributed by atoms with Crippen LogP contribution in [0.5, 0.6) is 0 Å². The number of aromatic nitrogens is 3. The van der Waals surface area contributed by atoms with Gasteiger partial charge in [0.2, 0.25) is 0 Å². The van der Waals surface area contributed by atoms with Crippen LogP contribution in [0.4, 0.5) is 0 Å². The van der Waals surface area contributed by atoms with E-state index < -0.39 is 0 Å². The molecule has 1 unspecified atom stereocenters. The minimum absolute atomic E-state index is 0.260. The summed E-state index contributed by atoms with van der Waals surface area (Å²) < 4.78 is 1.90. The number of hydrogen-bond acceptors (Lipinski definition) is 3. The fourth-order valence-electron chi connectivity index (χ4n) is 1.50. The van der Waals surface area contributed by atoms with Gasteiger partial charge in [-0.15, -0.1) is 16.9 Å². The Labute approximate surface area is 120 Å². The van der Waals surface area contributed by atoms with Crippen molar-refractivity contribution in [1.82, 2.24) is 15.0 Å². The van der Waals surface area contributed by atoms with E-state index in [9.17, 15) is 0 Å². The molecule has 1 heterocycles. The molecule has 2 rings (SSSR count). The van der Waals surface area contributed by atoms with Crippen LogP contribution in [0.15, 0.2) is 35.4 Å². The van der Waals surface area contributed by atoms with Crippen molar-refractivity contribution in [3.05, 3.63) is 41.7 Å². The predicted molar refractivity (Wildman–Crippen MR) is 79.3 cm³/mol. The highest BCUT2D eigenvalue weighted by Gasteiger charge is 2.05. The lowest BCUT2D eigenvalue weighted by atomic mass is 10.2. The molecule has 0 aliphatic carbocycles. The van der Waals surface area contributed by atoms with Gasteiger partial charge in [-0.1, -0.05) is 38.8 Å². The van der Waals surface area contributed by atoms with Crippen molar-refractivity contribution in [3.63, 3.8) is 0 Å². The van der Waals surface area contributed by atoms with E-state index in [-0.39, 0.29) is 4.83 Å². The highest BCUT2D eigenvalue weighted by atomic mass is 79.9. The predicted octanol–water partition coefficient (Wildman–Crippen LogP) is 3.83. The maximum atomic E-state index is 4.11. The van der Waals surface area contributed by atoms with Crippen LogP contribution >= 0.6 is 27.7 Å². The molecular weight excluding hydrogens is 310 g/mol. The largest absolute Gasteiger partial charge is 0.251 e. The Morgan fingerprint density at radius 2 is 2.06 bits per heavy atom. The van der Waals surface area contributed by atoms with Gasteiger partial charge < -0.3 is 0 Å². The first-order valence-corrected chi connectivity index (χ1v) is 7.79. The maximum Gasteiger partial charge on any atom is 0.0960 e. The first-order chi connectivity index (χ1) is 8.65. The SMILES string of the molecule is Cc1ccc(SCCn2cc(C(C)Br)nn2)cc1. The van der Waals surface area contributed by atoms with Gasteiger partial charge in [-0.25, -0.2) is 0 Å². The number of nitrogens with zero attached hydrogens (tertiary/aromatic N) is 3. The van der Waals surface area contributed by atoms with Crippen LogP contribution in [-0.4, -0.2) is 20.7 Å². The second-order valence-electron chi connectivity index (χ2n) is 4.18. The van der Waals surface area contributed by atoms with Crippen molar-refractivity contribution >= 4 is 27.7 Å². The molecular formula is C13H16BrN3S. The van der Waals surface area contributed by atoms with Gasteiger partial charge in [-0.3, -0.25) is 4.68 Å². The fourth-order valence-corrected chi connectivity index (χ4v) is 2.55. The number of thioether (sulfide) groups is 1. The van der Waals surface area contributed by atoms with Gasteiger partial charge in [-0.05, 0) is 26.0 Å². The standard InChI is InChI=1S/C13H16BrN3S/c1-10-3-5-12(6-4-10)18-8-7-17-9-13(11(2)14)15-16-17/h3-6,9,11H,7-8H2,1-2H3. The average Bonchev–Trinajstić information content (AvgIpc) is 2.81. The third-order valence-corrected chi connectivity index (χ3v) is 4.04. The quantitative estimate of drug-likeness (QED) is 0.618. The molecule has 0 N–H and O–H groups in total. The van der Waals surface area contributed by atoms with E-state index in [1.165, 1.54) is 10.5 Å². The van der Waals surface area contributed by atoms with Crippen LogP contribution in [0.1, 0.15) is 23.0 Å². The molecule has 1 aromatic carbocycles. The summed E-state index contributed by atoms with van der Waals surface area (Å²) in [4.78, 5) is 1.56. The zero-order chi connectivity index (χ0) is 13.0. The molecule has 3 nitrogen and oxygen atoms in total. The van der Waals surface area contributed by atoms with Crippen molar-refractivity contribution in [2.75, 3.05) is 5.75 Å². The first-order valence-electron chi connectivity index (χ1n) is 5.89. The molecule has 0 radical (unpaired) electrons. The number of benzene rings is 1. The number of halogens is 1. The zero-order valence-corrected chi connectivity index (χ0v) is 12.9. The second-order valence-corrected chi connectivity index (χ2v) is 6.73. The van der Waals surface area contributed by atoms with Gasteiger partial charge in [0, 0.05) is 16.8 Å². The van der Waals surface area contributed by atoms with Crippen molar-refractivity contribution in [2.24, 2.45) is 0 Å². The molecule has 0 aliphatic heterocycles. The summed E-state index contributed by atoms with van der Waals surface area (Å²) in [6.45, 7) is 5.04. The number of alkyl halides is 1. The van der Waals surface area contributed by atoms with Crippen molar-refractivity contribution in [3.8, 4) is 0 Å². The fraction of sp³-hybridized carbons (Fsp3) is 0.385. The van der Waals surface area contributed by atoms with Crippen molar-refractivity contribution in [1.29, 1.82) is 0 Å².